The van der Waals surface area contributed by atoms with Gasteiger partial charge in [0.2, 0.25) is 0 Å². The Labute approximate surface area is 157 Å². The predicted octanol–water partition coefficient (Wildman–Crippen LogP) is 3.99. The van der Waals surface area contributed by atoms with E-state index < -0.39 is 17.8 Å². The third-order valence-corrected chi connectivity index (χ3v) is 4.74. The van der Waals surface area contributed by atoms with Crippen LogP contribution in [-0.4, -0.2) is 27.2 Å². The molecule has 0 fully saturated rings. The molecule has 5 nitrogen and oxygen atoms in total. The second kappa shape index (κ2) is 7.51. The SMILES string of the molecule is Cc1cc(C)n(C(CNC(=O)c2ccc(C(F)(F)F)nc2)c2ccsc2)n1. The predicted molar refractivity (Wildman–Crippen MR) is 95.7 cm³/mol. The topological polar surface area (TPSA) is 59.8 Å². The summed E-state index contributed by atoms with van der Waals surface area (Å²) in [5, 5.41) is 11.2. The van der Waals surface area contributed by atoms with Crippen LogP contribution in [0.4, 0.5) is 13.2 Å². The van der Waals surface area contributed by atoms with Gasteiger partial charge >= 0.3 is 6.18 Å². The molecule has 142 valence electrons. The first kappa shape index (κ1) is 19.1. The van der Waals surface area contributed by atoms with Gasteiger partial charge in [0.1, 0.15) is 5.69 Å². The number of carbonyl (C=O) groups is 1. The van der Waals surface area contributed by atoms with Crippen LogP contribution in [0.15, 0.2) is 41.2 Å². The van der Waals surface area contributed by atoms with E-state index in [1.807, 2.05) is 41.4 Å². The van der Waals surface area contributed by atoms with Crippen LogP contribution in [0.1, 0.15) is 39.0 Å². The van der Waals surface area contributed by atoms with E-state index in [1.54, 1.807) is 0 Å². The molecular weight excluding hydrogens is 377 g/mol. The minimum absolute atomic E-state index is 0.0698. The molecule has 3 aromatic rings. The highest BCUT2D eigenvalue weighted by Gasteiger charge is 2.32. The molecule has 1 N–H and O–H groups in total. The molecule has 0 radical (unpaired) electrons. The summed E-state index contributed by atoms with van der Waals surface area (Å²) >= 11 is 1.54. The van der Waals surface area contributed by atoms with Gasteiger partial charge in [0.15, 0.2) is 0 Å². The molecule has 0 saturated heterocycles. The molecular formula is C18H17F3N4OS. The van der Waals surface area contributed by atoms with Crippen molar-refractivity contribution in [2.45, 2.75) is 26.1 Å². The summed E-state index contributed by atoms with van der Waals surface area (Å²) in [6.07, 6.45) is -3.60. The Morgan fingerprint density at radius 2 is 2.07 bits per heavy atom. The molecule has 9 heteroatoms. The molecule has 0 aromatic carbocycles. The first-order chi connectivity index (χ1) is 12.8. The summed E-state index contributed by atoms with van der Waals surface area (Å²) in [7, 11) is 0. The quantitative estimate of drug-likeness (QED) is 0.712. The Balaban J connectivity index is 1.76. The lowest BCUT2D eigenvalue weighted by atomic mass is 10.1. The number of nitrogens with zero attached hydrogens (tertiary/aromatic N) is 3. The van der Waals surface area contributed by atoms with Gasteiger partial charge in [0, 0.05) is 18.4 Å². The summed E-state index contributed by atoms with van der Waals surface area (Å²) in [5.74, 6) is -0.488. The fourth-order valence-corrected chi connectivity index (χ4v) is 3.47. The van der Waals surface area contributed by atoms with Crippen molar-refractivity contribution in [2.75, 3.05) is 6.54 Å². The average Bonchev–Trinajstić information content (AvgIpc) is 3.25. The Kier molecular flexibility index (Phi) is 5.31. The maximum absolute atomic E-state index is 12.6. The molecule has 1 amide bonds. The molecule has 0 spiro atoms. The number of amides is 1. The number of hydrogen-bond donors (Lipinski definition) is 1. The molecule has 3 rings (SSSR count). The highest BCUT2D eigenvalue weighted by molar-refractivity contribution is 7.07. The number of thiophene rings is 1. The minimum Gasteiger partial charge on any atom is -0.349 e. The van der Waals surface area contributed by atoms with E-state index in [2.05, 4.69) is 15.4 Å². The van der Waals surface area contributed by atoms with E-state index >= 15 is 0 Å². The maximum atomic E-state index is 12.6. The number of rotatable bonds is 5. The van der Waals surface area contributed by atoms with Crippen molar-refractivity contribution in [2.24, 2.45) is 0 Å². The van der Waals surface area contributed by atoms with Crippen LogP contribution in [0.5, 0.6) is 0 Å². The third-order valence-electron chi connectivity index (χ3n) is 4.04. The van der Waals surface area contributed by atoms with Crippen molar-refractivity contribution in [3.05, 3.63) is 69.4 Å². The number of halogens is 3. The van der Waals surface area contributed by atoms with Crippen LogP contribution in [0, 0.1) is 13.8 Å². The minimum atomic E-state index is -4.53. The van der Waals surface area contributed by atoms with Crippen molar-refractivity contribution in [3.8, 4) is 0 Å². The zero-order valence-electron chi connectivity index (χ0n) is 14.6. The molecule has 1 unspecified atom stereocenters. The van der Waals surface area contributed by atoms with Crippen LogP contribution >= 0.6 is 11.3 Å². The van der Waals surface area contributed by atoms with Crippen LogP contribution in [0.3, 0.4) is 0 Å². The zero-order chi connectivity index (χ0) is 19.6. The molecule has 0 saturated carbocycles. The number of aryl methyl sites for hydroxylation is 2. The van der Waals surface area contributed by atoms with E-state index in [0.717, 1.165) is 35.3 Å². The van der Waals surface area contributed by atoms with Gasteiger partial charge in [0.25, 0.3) is 5.91 Å². The number of nitrogens with one attached hydrogen (secondary N) is 1. The van der Waals surface area contributed by atoms with E-state index in [0.29, 0.717) is 0 Å². The van der Waals surface area contributed by atoms with Crippen molar-refractivity contribution in [1.82, 2.24) is 20.1 Å². The first-order valence-corrected chi connectivity index (χ1v) is 9.06. The Bertz CT molecular complexity index is 917. The monoisotopic (exact) mass is 394 g/mol. The van der Waals surface area contributed by atoms with Gasteiger partial charge in [-0.3, -0.25) is 14.5 Å². The molecule has 0 aliphatic carbocycles. The standard InChI is InChI=1S/C18H17F3N4OS/c1-11-7-12(2)25(24-11)15(14-5-6-27-10-14)9-23-17(26)13-3-4-16(22-8-13)18(19,20)21/h3-8,10,15H,9H2,1-2H3,(H,23,26). The number of pyridine rings is 1. The van der Waals surface area contributed by atoms with Crippen molar-refractivity contribution >= 4 is 17.2 Å². The lowest BCUT2D eigenvalue weighted by Gasteiger charge is -2.19. The smallest absolute Gasteiger partial charge is 0.349 e. The second-order valence-electron chi connectivity index (χ2n) is 6.08. The summed E-state index contributed by atoms with van der Waals surface area (Å²) in [5.41, 5.74) is 1.86. The Hall–Kier alpha value is -2.68. The number of alkyl halides is 3. The molecule has 0 bridgehead atoms. The molecule has 27 heavy (non-hydrogen) atoms. The van der Waals surface area contributed by atoms with E-state index in [1.165, 1.54) is 11.3 Å². The lowest BCUT2D eigenvalue weighted by Crippen LogP contribution is -2.32. The van der Waals surface area contributed by atoms with Crippen LogP contribution in [-0.2, 0) is 6.18 Å². The fourth-order valence-electron chi connectivity index (χ4n) is 2.76. The van der Waals surface area contributed by atoms with Gasteiger partial charge in [-0.25, -0.2) is 0 Å². The average molecular weight is 394 g/mol. The van der Waals surface area contributed by atoms with Crippen LogP contribution in [0.25, 0.3) is 0 Å². The summed E-state index contributed by atoms with van der Waals surface area (Å²) in [6, 6.07) is 5.61. The highest BCUT2D eigenvalue weighted by Crippen LogP contribution is 2.27. The van der Waals surface area contributed by atoms with Crippen molar-refractivity contribution in [3.63, 3.8) is 0 Å². The molecule has 1 atom stereocenters. The Morgan fingerprint density at radius 3 is 2.59 bits per heavy atom. The van der Waals surface area contributed by atoms with E-state index in [9.17, 15) is 18.0 Å². The highest BCUT2D eigenvalue weighted by atomic mass is 32.1. The maximum Gasteiger partial charge on any atom is 0.433 e. The number of hydrogen-bond acceptors (Lipinski definition) is 4. The van der Waals surface area contributed by atoms with Gasteiger partial charge in [-0.2, -0.15) is 29.6 Å². The van der Waals surface area contributed by atoms with Crippen LogP contribution < -0.4 is 5.32 Å². The fraction of sp³-hybridized carbons (Fsp3) is 0.278. The molecule has 3 aromatic heterocycles. The van der Waals surface area contributed by atoms with Gasteiger partial charge in [-0.05, 0) is 54.4 Å². The van der Waals surface area contributed by atoms with Gasteiger partial charge in [0.05, 0.1) is 17.3 Å². The van der Waals surface area contributed by atoms with E-state index in [-0.39, 0.29) is 18.2 Å². The lowest BCUT2D eigenvalue weighted by molar-refractivity contribution is -0.141. The summed E-state index contributed by atoms with van der Waals surface area (Å²) in [6.45, 7) is 4.07. The second-order valence-corrected chi connectivity index (χ2v) is 6.86. The number of aromatic nitrogens is 3. The zero-order valence-corrected chi connectivity index (χ0v) is 15.4. The molecule has 0 aliphatic heterocycles. The summed E-state index contributed by atoms with van der Waals surface area (Å²) in [4.78, 5) is 15.7. The normalized spacial score (nSPS) is 12.8. The van der Waals surface area contributed by atoms with Gasteiger partial charge in [-0.1, -0.05) is 0 Å². The number of carbonyl (C=O) groups excluding carboxylic acids is 1. The van der Waals surface area contributed by atoms with Crippen molar-refractivity contribution < 1.29 is 18.0 Å². The van der Waals surface area contributed by atoms with Gasteiger partial charge < -0.3 is 5.32 Å². The molecule has 3 heterocycles. The van der Waals surface area contributed by atoms with Crippen LogP contribution in [0.2, 0.25) is 0 Å². The molecule has 0 aliphatic rings. The Morgan fingerprint density at radius 1 is 1.30 bits per heavy atom. The van der Waals surface area contributed by atoms with E-state index in [4.69, 9.17) is 0 Å². The van der Waals surface area contributed by atoms with Crippen molar-refractivity contribution in [1.29, 1.82) is 0 Å². The first-order valence-electron chi connectivity index (χ1n) is 8.12. The van der Waals surface area contributed by atoms with Gasteiger partial charge in [-0.15, -0.1) is 0 Å². The largest absolute Gasteiger partial charge is 0.433 e. The third kappa shape index (κ3) is 4.36. The summed E-state index contributed by atoms with van der Waals surface area (Å²) < 4.78 is 39.6.